The summed E-state index contributed by atoms with van der Waals surface area (Å²) in [5.74, 6) is 0.862. The summed E-state index contributed by atoms with van der Waals surface area (Å²) in [5.41, 5.74) is 0.578. The Morgan fingerprint density at radius 2 is 2.00 bits per heavy atom. The molecule has 1 saturated heterocycles. The highest BCUT2D eigenvalue weighted by atomic mass is 16.5. The number of nitrogens with zero attached hydrogens (tertiary/aromatic N) is 1. The van der Waals surface area contributed by atoms with Crippen LogP contribution in [0.1, 0.15) is 32.1 Å². The lowest BCUT2D eigenvalue weighted by atomic mass is 9.68. The topological polar surface area (TPSA) is 24.5 Å². The van der Waals surface area contributed by atoms with Gasteiger partial charge in [-0.2, -0.15) is 0 Å². The summed E-state index contributed by atoms with van der Waals surface area (Å²) in [7, 11) is 4.38. The van der Waals surface area contributed by atoms with Crippen molar-refractivity contribution in [3.05, 3.63) is 0 Å². The number of hydrogen-bond donors (Lipinski definition) is 1. The summed E-state index contributed by atoms with van der Waals surface area (Å²) in [6.07, 6.45) is 6.75. The van der Waals surface area contributed by atoms with Crippen LogP contribution in [0.3, 0.4) is 0 Å². The molecule has 0 aromatic carbocycles. The van der Waals surface area contributed by atoms with E-state index in [-0.39, 0.29) is 0 Å². The highest BCUT2D eigenvalue weighted by Gasteiger charge is 2.37. The minimum Gasteiger partial charge on any atom is -0.381 e. The van der Waals surface area contributed by atoms with Gasteiger partial charge in [-0.15, -0.1) is 0 Å². The van der Waals surface area contributed by atoms with Crippen molar-refractivity contribution in [3.8, 4) is 0 Å². The lowest BCUT2D eigenvalue weighted by Gasteiger charge is -2.45. The van der Waals surface area contributed by atoms with Crippen molar-refractivity contribution in [1.82, 2.24) is 10.2 Å². The normalized spacial score (nSPS) is 24.9. The molecule has 0 aromatic heterocycles. The molecule has 100 valence electrons. The van der Waals surface area contributed by atoms with Crippen molar-refractivity contribution >= 4 is 0 Å². The van der Waals surface area contributed by atoms with Crippen LogP contribution in [-0.2, 0) is 4.74 Å². The molecule has 1 aliphatic heterocycles. The van der Waals surface area contributed by atoms with Crippen LogP contribution in [0.25, 0.3) is 0 Å². The maximum atomic E-state index is 5.42. The SMILES string of the molecule is CNCC1(CN(C)CC2CCOCC2)CCC1. The standard InChI is InChI=1S/C14H28N2O/c1-15-11-14(6-3-7-14)12-16(2)10-13-4-8-17-9-5-13/h13,15H,3-12H2,1-2H3. The molecule has 3 nitrogen and oxygen atoms in total. The van der Waals surface area contributed by atoms with E-state index >= 15 is 0 Å². The molecular weight excluding hydrogens is 212 g/mol. The molecule has 2 rings (SSSR count). The molecule has 2 fully saturated rings. The summed E-state index contributed by atoms with van der Waals surface area (Å²) in [4.78, 5) is 2.56. The van der Waals surface area contributed by atoms with Crippen LogP contribution in [0.4, 0.5) is 0 Å². The first kappa shape index (κ1) is 13.3. The Bertz CT molecular complexity index is 222. The van der Waals surface area contributed by atoms with Crippen molar-refractivity contribution in [2.75, 3.05) is 46.9 Å². The lowest BCUT2D eigenvalue weighted by Crippen LogP contribution is -2.47. The molecule has 1 aliphatic carbocycles. The first-order chi connectivity index (χ1) is 8.24. The maximum Gasteiger partial charge on any atom is 0.0469 e. The van der Waals surface area contributed by atoms with Crippen LogP contribution in [0, 0.1) is 11.3 Å². The largest absolute Gasteiger partial charge is 0.381 e. The van der Waals surface area contributed by atoms with Crippen molar-refractivity contribution in [3.63, 3.8) is 0 Å². The molecule has 0 bridgehead atoms. The van der Waals surface area contributed by atoms with E-state index in [0.29, 0.717) is 5.41 Å². The minimum absolute atomic E-state index is 0.578. The predicted molar refractivity (Wildman–Crippen MR) is 71.3 cm³/mol. The van der Waals surface area contributed by atoms with E-state index in [1.54, 1.807) is 0 Å². The average Bonchev–Trinajstić information content (AvgIpc) is 2.27. The van der Waals surface area contributed by atoms with Gasteiger partial charge in [-0.25, -0.2) is 0 Å². The molecule has 0 radical (unpaired) electrons. The summed E-state index contributed by atoms with van der Waals surface area (Å²) >= 11 is 0. The Labute approximate surface area is 106 Å². The molecule has 0 spiro atoms. The molecule has 1 N–H and O–H groups in total. The van der Waals surface area contributed by atoms with Gasteiger partial charge in [0.05, 0.1) is 0 Å². The third-order valence-corrected chi connectivity index (χ3v) is 4.48. The Morgan fingerprint density at radius 1 is 1.29 bits per heavy atom. The van der Waals surface area contributed by atoms with Gasteiger partial charge in [0, 0.05) is 32.8 Å². The summed E-state index contributed by atoms with van der Waals surface area (Å²) in [6, 6.07) is 0. The van der Waals surface area contributed by atoms with Crippen molar-refractivity contribution < 1.29 is 4.74 Å². The molecule has 1 saturated carbocycles. The quantitative estimate of drug-likeness (QED) is 0.765. The van der Waals surface area contributed by atoms with Gasteiger partial charge >= 0.3 is 0 Å². The monoisotopic (exact) mass is 240 g/mol. The Morgan fingerprint density at radius 3 is 2.53 bits per heavy atom. The first-order valence-electron chi connectivity index (χ1n) is 7.15. The fraction of sp³-hybridized carbons (Fsp3) is 1.00. The van der Waals surface area contributed by atoms with Gasteiger partial charge in [-0.3, -0.25) is 0 Å². The predicted octanol–water partition coefficient (Wildman–Crippen LogP) is 1.73. The summed E-state index contributed by atoms with van der Waals surface area (Å²) < 4.78 is 5.42. The van der Waals surface area contributed by atoms with Gasteiger partial charge in [0.25, 0.3) is 0 Å². The van der Waals surface area contributed by atoms with Crippen LogP contribution in [-0.4, -0.2) is 51.8 Å². The molecule has 17 heavy (non-hydrogen) atoms. The maximum absolute atomic E-state index is 5.42. The molecule has 3 heteroatoms. The van der Waals surface area contributed by atoms with E-state index in [0.717, 1.165) is 19.1 Å². The smallest absolute Gasteiger partial charge is 0.0469 e. The van der Waals surface area contributed by atoms with Gasteiger partial charge in [-0.05, 0) is 51.1 Å². The fourth-order valence-corrected chi connectivity index (χ4v) is 3.45. The Balaban J connectivity index is 1.73. The molecular formula is C14H28N2O. The molecule has 0 aromatic rings. The molecule has 0 amide bonds. The average molecular weight is 240 g/mol. The summed E-state index contributed by atoms with van der Waals surface area (Å²) in [6.45, 7) is 5.66. The van der Waals surface area contributed by atoms with Crippen molar-refractivity contribution in [1.29, 1.82) is 0 Å². The zero-order chi connectivity index (χ0) is 12.1. The second kappa shape index (κ2) is 6.17. The highest BCUT2D eigenvalue weighted by Crippen LogP contribution is 2.40. The van der Waals surface area contributed by atoms with E-state index in [1.807, 2.05) is 0 Å². The van der Waals surface area contributed by atoms with Crippen LogP contribution >= 0.6 is 0 Å². The van der Waals surface area contributed by atoms with Gasteiger partial charge < -0.3 is 15.0 Å². The van der Waals surface area contributed by atoms with Gasteiger partial charge in [-0.1, -0.05) is 6.42 Å². The van der Waals surface area contributed by atoms with Gasteiger partial charge in [0.1, 0.15) is 0 Å². The second-order valence-corrected chi connectivity index (χ2v) is 6.14. The zero-order valence-corrected chi connectivity index (χ0v) is 11.5. The van der Waals surface area contributed by atoms with Crippen LogP contribution in [0.15, 0.2) is 0 Å². The van der Waals surface area contributed by atoms with E-state index < -0.39 is 0 Å². The van der Waals surface area contributed by atoms with Crippen molar-refractivity contribution in [2.45, 2.75) is 32.1 Å². The Kier molecular flexibility index (Phi) is 4.83. The van der Waals surface area contributed by atoms with E-state index in [2.05, 4.69) is 24.3 Å². The molecule has 0 atom stereocenters. The van der Waals surface area contributed by atoms with Crippen molar-refractivity contribution in [2.24, 2.45) is 11.3 Å². The molecule has 2 aliphatic rings. The zero-order valence-electron chi connectivity index (χ0n) is 11.5. The van der Waals surface area contributed by atoms with Crippen LogP contribution < -0.4 is 5.32 Å². The molecule has 1 heterocycles. The van der Waals surface area contributed by atoms with E-state index in [9.17, 15) is 0 Å². The molecule has 0 unspecified atom stereocenters. The van der Waals surface area contributed by atoms with Gasteiger partial charge in [0.2, 0.25) is 0 Å². The number of hydrogen-bond acceptors (Lipinski definition) is 3. The number of rotatable bonds is 6. The van der Waals surface area contributed by atoms with E-state index in [4.69, 9.17) is 4.74 Å². The van der Waals surface area contributed by atoms with Crippen LogP contribution in [0.5, 0.6) is 0 Å². The Hall–Kier alpha value is -0.120. The number of nitrogens with one attached hydrogen (secondary N) is 1. The fourth-order valence-electron chi connectivity index (χ4n) is 3.45. The second-order valence-electron chi connectivity index (χ2n) is 6.14. The third-order valence-electron chi connectivity index (χ3n) is 4.48. The minimum atomic E-state index is 0.578. The van der Waals surface area contributed by atoms with Crippen LogP contribution in [0.2, 0.25) is 0 Å². The lowest BCUT2D eigenvalue weighted by molar-refractivity contribution is 0.0360. The van der Waals surface area contributed by atoms with Gasteiger partial charge in [0.15, 0.2) is 0 Å². The van der Waals surface area contributed by atoms with E-state index in [1.165, 1.54) is 51.7 Å². The third kappa shape index (κ3) is 3.67. The number of ether oxygens (including phenoxy) is 1. The summed E-state index contributed by atoms with van der Waals surface area (Å²) in [5, 5.41) is 3.37. The highest BCUT2D eigenvalue weighted by molar-refractivity contribution is 4.91. The first-order valence-corrected chi connectivity index (χ1v) is 7.15.